The molecule has 1 fully saturated rings. The van der Waals surface area contributed by atoms with Crippen molar-refractivity contribution in [3.05, 3.63) is 35.4 Å². The highest BCUT2D eigenvalue weighted by atomic mass is 35.5. The molecule has 3 N–H and O–H groups in total. The Balaban J connectivity index is 0.00000242. The minimum atomic E-state index is -0.568. The number of halogens is 2. The van der Waals surface area contributed by atoms with Gasteiger partial charge in [0.15, 0.2) is 0 Å². The number of aliphatic hydroxyl groups is 1. The van der Waals surface area contributed by atoms with Gasteiger partial charge in [0.05, 0.1) is 5.60 Å². The summed E-state index contributed by atoms with van der Waals surface area (Å²) in [5, 5.41) is 10.7. The predicted octanol–water partition coefficient (Wildman–Crippen LogP) is 1.92. The van der Waals surface area contributed by atoms with Gasteiger partial charge < -0.3 is 15.7 Å². The van der Waals surface area contributed by atoms with Crippen LogP contribution in [0.1, 0.15) is 24.0 Å². The number of piperidine rings is 1. The van der Waals surface area contributed by atoms with E-state index in [1.807, 2.05) is 14.1 Å². The van der Waals surface area contributed by atoms with E-state index in [-0.39, 0.29) is 24.8 Å². The molecule has 0 spiro atoms. The number of nitrogens with two attached hydrogens (primary N) is 1. The van der Waals surface area contributed by atoms with Crippen LogP contribution in [0.25, 0.3) is 0 Å². The fourth-order valence-corrected chi connectivity index (χ4v) is 3.29. The minimum absolute atomic E-state index is 0. The van der Waals surface area contributed by atoms with Gasteiger partial charge in [-0.15, -0.1) is 24.8 Å². The molecule has 1 heterocycles. The highest BCUT2D eigenvalue weighted by molar-refractivity contribution is 5.85. The zero-order valence-electron chi connectivity index (χ0n) is 14.2. The molecule has 0 amide bonds. The van der Waals surface area contributed by atoms with E-state index in [2.05, 4.69) is 34.1 Å². The molecular formula is C17H31Cl2N3O. The van der Waals surface area contributed by atoms with Crippen LogP contribution in [-0.4, -0.2) is 60.8 Å². The van der Waals surface area contributed by atoms with Crippen molar-refractivity contribution in [1.82, 2.24) is 9.80 Å². The van der Waals surface area contributed by atoms with Crippen molar-refractivity contribution in [2.75, 3.05) is 40.3 Å². The molecule has 2 rings (SSSR count). The molecule has 0 aromatic heterocycles. The molecule has 1 aromatic rings. The van der Waals surface area contributed by atoms with E-state index in [9.17, 15) is 5.11 Å². The van der Waals surface area contributed by atoms with Crippen LogP contribution in [0.2, 0.25) is 0 Å². The molecular weight excluding hydrogens is 333 g/mol. The van der Waals surface area contributed by atoms with Gasteiger partial charge in [0.1, 0.15) is 0 Å². The van der Waals surface area contributed by atoms with Crippen LogP contribution in [0.3, 0.4) is 0 Å². The molecule has 1 aromatic carbocycles. The second-order valence-electron chi connectivity index (χ2n) is 6.63. The molecule has 0 radical (unpaired) electrons. The first-order valence-corrected chi connectivity index (χ1v) is 7.88. The fourth-order valence-electron chi connectivity index (χ4n) is 3.29. The minimum Gasteiger partial charge on any atom is -0.387 e. The largest absolute Gasteiger partial charge is 0.387 e. The van der Waals surface area contributed by atoms with Crippen LogP contribution >= 0.6 is 24.8 Å². The van der Waals surface area contributed by atoms with Crippen molar-refractivity contribution < 1.29 is 5.11 Å². The van der Waals surface area contributed by atoms with Crippen molar-refractivity contribution in [2.45, 2.75) is 31.4 Å². The zero-order valence-corrected chi connectivity index (χ0v) is 15.8. The maximum absolute atomic E-state index is 10.7. The molecule has 0 aliphatic carbocycles. The second kappa shape index (κ2) is 10.5. The first-order chi connectivity index (χ1) is 10.0. The van der Waals surface area contributed by atoms with Crippen molar-refractivity contribution >= 4 is 24.8 Å². The summed E-state index contributed by atoms with van der Waals surface area (Å²) in [6, 6.07) is 8.70. The Morgan fingerprint density at radius 1 is 1.17 bits per heavy atom. The number of hydrogen-bond acceptors (Lipinski definition) is 4. The molecule has 1 atom stereocenters. The third kappa shape index (κ3) is 7.38. The summed E-state index contributed by atoms with van der Waals surface area (Å²) in [5.74, 6) is 0. The molecule has 0 saturated carbocycles. The third-order valence-electron chi connectivity index (χ3n) is 4.11. The van der Waals surface area contributed by atoms with Crippen LogP contribution in [-0.2, 0) is 13.0 Å². The van der Waals surface area contributed by atoms with Gasteiger partial charge >= 0.3 is 0 Å². The lowest BCUT2D eigenvalue weighted by Gasteiger charge is -2.40. The van der Waals surface area contributed by atoms with E-state index >= 15 is 0 Å². The average Bonchev–Trinajstić information content (AvgIpc) is 2.40. The summed E-state index contributed by atoms with van der Waals surface area (Å²) in [4.78, 5) is 4.44. The van der Waals surface area contributed by atoms with Gasteiger partial charge in [-0.25, -0.2) is 0 Å². The maximum Gasteiger partial charge on any atom is 0.0900 e. The summed E-state index contributed by atoms with van der Waals surface area (Å²) in [7, 11) is 4.04. The number of β-amino-alcohol motifs (C(OH)–C–C–N with tert-alkyl or cyclic N) is 1. The van der Waals surface area contributed by atoms with Gasteiger partial charge in [-0.1, -0.05) is 24.3 Å². The molecule has 1 aliphatic heterocycles. The van der Waals surface area contributed by atoms with E-state index in [0.717, 1.165) is 45.4 Å². The maximum atomic E-state index is 10.7. The van der Waals surface area contributed by atoms with Gasteiger partial charge in [-0.2, -0.15) is 0 Å². The lowest BCUT2D eigenvalue weighted by molar-refractivity contribution is -0.0479. The van der Waals surface area contributed by atoms with E-state index in [1.165, 1.54) is 11.1 Å². The molecule has 0 bridgehead atoms. The fraction of sp³-hybridized carbons (Fsp3) is 0.647. The summed E-state index contributed by atoms with van der Waals surface area (Å²) in [6.45, 7) is 4.18. The van der Waals surface area contributed by atoms with Crippen LogP contribution in [0.4, 0.5) is 0 Å². The van der Waals surface area contributed by atoms with E-state index in [0.29, 0.717) is 6.54 Å². The average molecular weight is 364 g/mol. The standard InChI is InChI=1S/C17H29N3O.2ClH/c1-19(2)13-17(21)9-3-11-20(14-17)12-16-6-4-15(5-7-16)8-10-18;;/h4-7,21H,3,8-14,18H2,1-2H3;2*1H. The number of likely N-dealkylation sites (tertiary alicyclic amines) is 1. The van der Waals surface area contributed by atoms with Crippen molar-refractivity contribution in [3.63, 3.8) is 0 Å². The van der Waals surface area contributed by atoms with Crippen LogP contribution in [0.15, 0.2) is 24.3 Å². The van der Waals surface area contributed by atoms with Crippen LogP contribution < -0.4 is 5.73 Å². The van der Waals surface area contributed by atoms with Gasteiger partial charge in [0, 0.05) is 19.6 Å². The molecule has 1 aliphatic rings. The van der Waals surface area contributed by atoms with Gasteiger partial charge in [0.2, 0.25) is 0 Å². The first kappa shape index (κ1) is 22.6. The van der Waals surface area contributed by atoms with Gasteiger partial charge in [0.25, 0.3) is 0 Å². The summed E-state index contributed by atoms with van der Waals surface area (Å²) >= 11 is 0. The SMILES string of the molecule is CN(C)CC1(O)CCCN(Cc2ccc(CCN)cc2)C1.Cl.Cl. The number of benzene rings is 1. The summed E-state index contributed by atoms with van der Waals surface area (Å²) in [6.07, 6.45) is 2.90. The number of rotatable bonds is 6. The highest BCUT2D eigenvalue weighted by Gasteiger charge is 2.33. The Morgan fingerprint density at radius 2 is 1.78 bits per heavy atom. The van der Waals surface area contributed by atoms with Crippen LogP contribution in [0.5, 0.6) is 0 Å². The molecule has 1 saturated heterocycles. The predicted molar refractivity (Wildman–Crippen MR) is 102 cm³/mol. The molecule has 23 heavy (non-hydrogen) atoms. The summed E-state index contributed by atoms with van der Waals surface area (Å²) in [5.41, 5.74) is 7.61. The number of hydrogen-bond donors (Lipinski definition) is 2. The van der Waals surface area contributed by atoms with E-state index < -0.39 is 5.60 Å². The topological polar surface area (TPSA) is 52.7 Å². The second-order valence-corrected chi connectivity index (χ2v) is 6.63. The smallest absolute Gasteiger partial charge is 0.0900 e. The van der Waals surface area contributed by atoms with Crippen molar-refractivity contribution in [2.24, 2.45) is 5.73 Å². The van der Waals surface area contributed by atoms with Gasteiger partial charge in [-0.3, -0.25) is 4.90 Å². The van der Waals surface area contributed by atoms with Crippen molar-refractivity contribution in [1.29, 1.82) is 0 Å². The lowest BCUT2D eigenvalue weighted by Crippen LogP contribution is -2.52. The molecule has 4 nitrogen and oxygen atoms in total. The Kier molecular flexibility index (Phi) is 10.3. The monoisotopic (exact) mass is 363 g/mol. The quantitative estimate of drug-likeness (QED) is 0.810. The Labute approximate surface area is 152 Å². The Morgan fingerprint density at radius 3 is 2.35 bits per heavy atom. The van der Waals surface area contributed by atoms with Crippen LogP contribution in [0, 0.1) is 0 Å². The lowest BCUT2D eigenvalue weighted by atomic mass is 9.92. The number of likely N-dealkylation sites (N-methyl/N-ethyl adjacent to an activating group) is 1. The van der Waals surface area contributed by atoms with E-state index in [1.54, 1.807) is 0 Å². The van der Waals surface area contributed by atoms with Crippen molar-refractivity contribution in [3.8, 4) is 0 Å². The highest BCUT2D eigenvalue weighted by Crippen LogP contribution is 2.23. The van der Waals surface area contributed by atoms with Gasteiger partial charge in [-0.05, 0) is 57.6 Å². The molecule has 134 valence electrons. The third-order valence-corrected chi connectivity index (χ3v) is 4.11. The molecule has 1 unspecified atom stereocenters. The first-order valence-electron chi connectivity index (χ1n) is 7.88. The zero-order chi connectivity index (χ0) is 15.3. The number of nitrogens with zero attached hydrogens (tertiary/aromatic N) is 2. The Hall–Kier alpha value is -0.360. The molecule has 6 heteroatoms. The Bertz CT molecular complexity index is 442. The summed E-state index contributed by atoms with van der Waals surface area (Å²) < 4.78 is 0. The van der Waals surface area contributed by atoms with E-state index in [4.69, 9.17) is 5.73 Å². The normalized spacial score (nSPS) is 21.6.